The maximum absolute atomic E-state index is 12.6. The number of anilines is 1. The molecule has 0 aliphatic carbocycles. The molecule has 2 aromatic heterocycles. The summed E-state index contributed by atoms with van der Waals surface area (Å²) in [5.74, 6) is -0.0819. The molecule has 4 rings (SSSR count). The van der Waals surface area contributed by atoms with E-state index in [-0.39, 0.29) is 11.7 Å². The molecule has 126 valence electrons. The van der Waals surface area contributed by atoms with Crippen LogP contribution < -0.4 is 5.32 Å². The van der Waals surface area contributed by atoms with E-state index in [0.717, 1.165) is 26.7 Å². The first-order chi connectivity index (χ1) is 11.9. The highest BCUT2D eigenvalue weighted by atomic mass is 35.5. The molecule has 25 heavy (non-hydrogen) atoms. The minimum Gasteiger partial charge on any atom is -0.451 e. The fraction of sp³-hybridized carbons (Fsp3) is 0.111. The van der Waals surface area contributed by atoms with Crippen LogP contribution in [0.4, 0.5) is 5.13 Å². The molecule has 0 saturated heterocycles. The third kappa shape index (κ3) is 2.88. The Bertz CT molecular complexity index is 1150. The SMILES string of the molecule is Cc1cc2oc(C(=O)Nc3nc4ccc(Cl)cc4s3)c(C)c2cc1Cl. The second-order valence-electron chi connectivity index (χ2n) is 5.74. The average Bonchev–Trinajstić information content (AvgIpc) is 3.09. The van der Waals surface area contributed by atoms with Crippen LogP contribution in [0.5, 0.6) is 0 Å². The topological polar surface area (TPSA) is 55.1 Å². The fourth-order valence-corrected chi connectivity index (χ4v) is 3.96. The van der Waals surface area contributed by atoms with Gasteiger partial charge in [-0.3, -0.25) is 10.1 Å². The van der Waals surface area contributed by atoms with Gasteiger partial charge in [-0.15, -0.1) is 0 Å². The van der Waals surface area contributed by atoms with Crippen LogP contribution in [0.25, 0.3) is 21.2 Å². The highest BCUT2D eigenvalue weighted by molar-refractivity contribution is 7.22. The standard InChI is InChI=1S/C18H12Cl2N2O2S/c1-8-5-14-11(7-12(8)20)9(2)16(24-14)17(23)22-18-21-13-4-3-10(19)6-15(13)25-18/h3-7H,1-2H3,(H,21,22,23). The number of furan rings is 1. The molecule has 0 aliphatic heterocycles. The first-order valence-corrected chi connectivity index (χ1v) is 9.06. The Morgan fingerprint density at radius 1 is 1.20 bits per heavy atom. The van der Waals surface area contributed by atoms with E-state index in [2.05, 4.69) is 10.3 Å². The Balaban J connectivity index is 1.70. The van der Waals surface area contributed by atoms with Gasteiger partial charge in [0.05, 0.1) is 10.2 Å². The number of benzene rings is 2. The Morgan fingerprint density at radius 2 is 2.00 bits per heavy atom. The van der Waals surface area contributed by atoms with Gasteiger partial charge < -0.3 is 4.42 Å². The van der Waals surface area contributed by atoms with Crippen molar-refractivity contribution in [1.29, 1.82) is 0 Å². The number of aromatic nitrogens is 1. The van der Waals surface area contributed by atoms with Gasteiger partial charge in [-0.25, -0.2) is 4.98 Å². The summed E-state index contributed by atoms with van der Waals surface area (Å²) in [7, 11) is 0. The number of fused-ring (bicyclic) bond motifs is 2. The van der Waals surface area contributed by atoms with Gasteiger partial charge in [0.25, 0.3) is 5.91 Å². The summed E-state index contributed by atoms with van der Waals surface area (Å²) in [5, 5.41) is 5.40. The molecule has 7 heteroatoms. The summed E-state index contributed by atoms with van der Waals surface area (Å²) in [6, 6.07) is 9.07. The maximum Gasteiger partial charge on any atom is 0.293 e. The number of amides is 1. The summed E-state index contributed by atoms with van der Waals surface area (Å²) >= 11 is 13.5. The molecule has 2 aromatic carbocycles. The molecule has 2 heterocycles. The third-order valence-electron chi connectivity index (χ3n) is 3.99. The van der Waals surface area contributed by atoms with Gasteiger partial charge in [-0.1, -0.05) is 34.5 Å². The number of thiazole rings is 1. The van der Waals surface area contributed by atoms with Crippen molar-refractivity contribution in [3.63, 3.8) is 0 Å². The summed E-state index contributed by atoms with van der Waals surface area (Å²) in [6.45, 7) is 3.73. The summed E-state index contributed by atoms with van der Waals surface area (Å²) in [5.41, 5.74) is 3.07. The van der Waals surface area contributed by atoms with Crippen LogP contribution in [-0.2, 0) is 0 Å². The zero-order valence-corrected chi connectivity index (χ0v) is 15.6. The molecule has 0 bridgehead atoms. The van der Waals surface area contributed by atoms with Crippen LogP contribution in [0.3, 0.4) is 0 Å². The third-order valence-corrected chi connectivity index (χ3v) is 5.57. The molecular formula is C18H12Cl2N2O2S. The molecule has 0 atom stereocenters. The Labute approximate surface area is 157 Å². The van der Waals surface area contributed by atoms with Crippen molar-refractivity contribution in [1.82, 2.24) is 4.98 Å². The number of halogens is 2. The van der Waals surface area contributed by atoms with Gasteiger partial charge >= 0.3 is 0 Å². The Morgan fingerprint density at radius 3 is 2.80 bits per heavy atom. The zero-order chi connectivity index (χ0) is 17.7. The van der Waals surface area contributed by atoms with Gasteiger partial charge in [-0.2, -0.15) is 0 Å². The van der Waals surface area contributed by atoms with Gasteiger partial charge in [0.15, 0.2) is 10.9 Å². The van der Waals surface area contributed by atoms with E-state index in [1.807, 2.05) is 38.1 Å². The minimum atomic E-state index is -0.340. The number of hydrogen-bond acceptors (Lipinski definition) is 4. The van der Waals surface area contributed by atoms with E-state index in [4.69, 9.17) is 27.6 Å². The molecular weight excluding hydrogens is 379 g/mol. The van der Waals surface area contributed by atoms with Crippen LogP contribution in [0.2, 0.25) is 10.0 Å². The Kier molecular flexibility index (Phi) is 3.95. The highest BCUT2D eigenvalue weighted by Gasteiger charge is 2.20. The van der Waals surface area contributed by atoms with Crippen LogP contribution in [0, 0.1) is 13.8 Å². The molecule has 0 unspecified atom stereocenters. The van der Waals surface area contributed by atoms with E-state index in [0.29, 0.717) is 20.8 Å². The summed E-state index contributed by atoms with van der Waals surface area (Å²) in [6.07, 6.45) is 0. The van der Waals surface area contributed by atoms with Crippen molar-refractivity contribution in [2.24, 2.45) is 0 Å². The van der Waals surface area contributed by atoms with Crippen molar-refractivity contribution in [2.75, 3.05) is 5.32 Å². The normalized spacial score (nSPS) is 11.4. The van der Waals surface area contributed by atoms with E-state index >= 15 is 0 Å². The van der Waals surface area contributed by atoms with E-state index < -0.39 is 0 Å². The molecule has 1 amide bonds. The first kappa shape index (κ1) is 16.4. The monoisotopic (exact) mass is 390 g/mol. The smallest absolute Gasteiger partial charge is 0.293 e. The van der Waals surface area contributed by atoms with E-state index in [1.165, 1.54) is 11.3 Å². The predicted molar refractivity (Wildman–Crippen MR) is 103 cm³/mol. The van der Waals surface area contributed by atoms with Gasteiger partial charge in [0, 0.05) is 21.0 Å². The lowest BCUT2D eigenvalue weighted by molar-refractivity contribution is 0.0998. The van der Waals surface area contributed by atoms with Crippen molar-refractivity contribution in [3.05, 3.63) is 57.3 Å². The lowest BCUT2D eigenvalue weighted by atomic mass is 10.1. The molecule has 0 aliphatic rings. The van der Waals surface area contributed by atoms with Crippen LogP contribution in [-0.4, -0.2) is 10.9 Å². The lowest BCUT2D eigenvalue weighted by Crippen LogP contribution is -2.11. The largest absolute Gasteiger partial charge is 0.451 e. The first-order valence-electron chi connectivity index (χ1n) is 7.49. The lowest BCUT2D eigenvalue weighted by Gasteiger charge is -1.98. The molecule has 4 aromatic rings. The number of nitrogens with one attached hydrogen (secondary N) is 1. The number of hydrogen-bond donors (Lipinski definition) is 1. The molecule has 0 spiro atoms. The van der Waals surface area contributed by atoms with Crippen molar-refractivity contribution in [2.45, 2.75) is 13.8 Å². The number of nitrogens with zero attached hydrogens (tertiary/aromatic N) is 1. The summed E-state index contributed by atoms with van der Waals surface area (Å²) < 4.78 is 6.66. The van der Waals surface area contributed by atoms with Crippen molar-refractivity contribution in [3.8, 4) is 0 Å². The van der Waals surface area contributed by atoms with E-state index in [1.54, 1.807) is 6.07 Å². The maximum atomic E-state index is 12.6. The van der Waals surface area contributed by atoms with Gasteiger partial charge in [0.1, 0.15) is 5.58 Å². The second kappa shape index (κ2) is 6.02. The minimum absolute atomic E-state index is 0.258. The zero-order valence-electron chi connectivity index (χ0n) is 13.3. The molecule has 1 N–H and O–H groups in total. The average molecular weight is 391 g/mol. The number of aryl methyl sites for hydroxylation is 2. The fourth-order valence-electron chi connectivity index (χ4n) is 2.66. The van der Waals surface area contributed by atoms with Gasteiger partial charge in [-0.05, 0) is 49.7 Å². The molecule has 0 radical (unpaired) electrons. The van der Waals surface area contributed by atoms with Gasteiger partial charge in [0.2, 0.25) is 0 Å². The number of carbonyl (C=O) groups excluding carboxylic acids is 1. The van der Waals surface area contributed by atoms with E-state index in [9.17, 15) is 4.79 Å². The predicted octanol–water partition coefficient (Wildman–Crippen LogP) is 6.22. The summed E-state index contributed by atoms with van der Waals surface area (Å²) in [4.78, 5) is 17.0. The molecule has 4 nitrogen and oxygen atoms in total. The number of carbonyl (C=O) groups is 1. The highest BCUT2D eigenvalue weighted by Crippen LogP contribution is 2.32. The van der Waals surface area contributed by atoms with Crippen LogP contribution in [0.1, 0.15) is 21.7 Å². The molecule has 0 fully saturated rings. The quantitative estimate of drug-likeness (QED) is 0.441. The Hall–Kier alpha value is -2.08. The number of rotatable bonds is 2. The van der Waals surface area contributed by atoms with Crippen molar-refractivity contribution < 1.29 is 9.21 Å². The second-order valence-corrected chi connectivity index (χ2v) is 7.61. The van der Waals surface area contributed by atoms with Crippen LogP contribution in [0.15, 0.2) is 34.7 Å². The van der Waals surface area contributed by atoms with Crippen LogP contribution >= 0.6 is 34.5 Å². The molecule has 0 saturated carbocycles. The van der Waals surface area contributed by atoms with Crippen molar-refractivity contribution >= 4 is 66.8 Å².